The van der Waals surface area contributed by atoms with Crippen molar-refractivity contribution in [3.05, 3.63) is 29.6 Å². The summed E-state index contributed by atoms with van der Waals surface area (Å²) < 4.78 is 23.8. The summed E-state index contributed by atoms with van der Waals surface area (Å²) in [7, 11) is 0. The Morgan fingerprint density at radius 1 is 1.50 bits per heavy atom. The van der Waals surface area contributed by atoms with Crippen molar-refractivity contribution in [3.8, 4) is 5.75 Å². The van der Waals surface area contributed by atoms with Gasteiger partial charge in [-0.3, -0.25) is 0 Å². The first-order valence-electron chi connectivity index (χ1n) is 4.74. The molecule has 14 heavy (non-hydrogen) atoms. The van der Waals surface area contributed by atoms with Gasteiger partial charge in [0.1, 0.15) is 6.10 Å². The fourth-order valence-corrected chi connectivity index (χ4v) is 1.31. The summed E-state index contributed by atoms with van der Waals surface area (Å²) in [6, 6.07) is 4.99. The van der Waals surface area contributed by atoms with E-state index < -0.39 is 0 Å². The van der Waals surface area contributed by atoms with E-state index in [0.717, 1.165) is 5.56 Å². The average molecular weight is 196 g/mol. The highest BCUT2D eigenvalue weighted by Crippen LogP contribution is 2.32. The fourth-order valence-electron chi connectivity index (χ4n) is 1.31. The molecule has 1 unspecified atom stereocenters. The van der Waals surface area contributed by atoms with Gasteiger partial charge in [-0.2, -0.15) is 0 Å². The van der Waals surface area contributed by atoms with Gasteiger partial charge in [0.05, 0.1) is 12.7 Å². The van der Waals surface area contributed by atoms with Gasteiger partial charge >= 0.3 is 0 Å². The van der Waals surface area contributed by atoms with Gasteiger partial charge in [0.15, 0.2) is 11.6 Å². The van der Waals surface area contributed by atoms with Crippen molar-refractivity contribution < 1.29 is 13.9 Å². The molecule has 1 heterocycles. The minimum atomic E-state index is -0.313. The Morgan fingerprint density at radius 2 is 2.21 bits per heavy atom. The zero-order valence-electron chi connectivity index (χ0n) is 8.29. The van der Waals surface area contributed by atoms with E-state index in [0.29, 0.717) is 12.4 Å². The van der Waals surface area contributed by atoms with Crippen LogP contribution in [0.2, 0.25) is 0 Å². The Kier molecular flexibility index (Phi) is 2.42. The third-order valence-corrected chi connectivity index (χ3v) is 2.02. The Labute approximate surface area is 82.6 Å². The van der Waals surface area contributed by atoms with Crippen LogP contribution in [0.1, 0.15) is 25.5 Å². The number of rotatable bonds is 3. The van der Waals surface area contributed by atoms with Gasteiger partial charge in [0, 0.05) is 0 Å². The van der Waals surface area contributed by atoms with Crippen molar-refractivity contribution in [2.45, 2.75) is 26.1 Å². The van der Waals surface area contributed by atoms with Crippen LogP contribution in [0, 0.1) is 5.82 Å². The molecule has 0 N–H and O–H groups in total. The molecule has 0 bridgehead atoms. The van der Waals surface area contributed by atoms with Crippen LogP contribution in [0.15, 0.2) is 18.2 Å². The molecular formula is C11H13FO2. The standard InChI is InChI=1S/C11H13FO2/c1-7(2)14-10-4-3-8(5-9(10)12)11-6-13-11/h3-5,7,11H,6H2,1-2H3. The van der Waals surface area contributed by atoms with Crippen molar-refractivity contribution >= 4 is 0 Å². The SMILES string of the molecule is CC(C)Oc1ccc(C2CO2)cc1F. The lowest BCUT2D eigenvalue weighted by Crippen LogP contribution is -2.07. The largest absolute Gasteiger partial charge is 0.488 e. The van der Waals surface area contributed by atoms with Crippen LogP contribution in [0.5, 0.6) is 5.75 Å². The van der Waals surface area contributed by atoms with E-state index in [1.807, 2.05) is 19.9 Å². The van der Waals surface area contributed by atoms with Crippen LogP contribution >= 0.6 is 0 Å². The zero-order chi connectivity index (χ0) is 10.1. The van der Waals surface area contributed by atoms with E-state index in [1.54, 1.807) is 6.07 Å². The lowest BCUT2D eigenvalue weighted by Gasteiger charge is -2.10. The van der Waals surface area contributed by atoms with Gasteiger partial charge in [-0.15, -0.1) is 0 Å². The quantitative estimate of drug-likeness (QED) is 0.693. The van der Waals surface area contributed by atoms with E-state index in [4.69, 9.17) is 9.47 Å². The van der Waals surface area contributed by atoms with E-state index >= 15 is 0 Å². The number of halogens is 1. The summed E-state index contributed by atoms with van der Waals surface area (Å²) in [4.78, 5) is 0. The van der Waals surface area contributed by atoms with E-state index in [-0.39, 0.29) is 18.0 Å². The molecule has 1 aromatic carbocycles. The van der Waals surface area contributed by atoms with Crippen LogP contribution < -0.4 is 4.74 Å². The number of benzene rings is 1. The Hall–Kier alpha value is -1.09. The minimum absolute atomic E-state index is 0.00692. The summed E-state index contributed by atoms with van der Waals surface area (Å²) in [5.41, 5.74) is 0.888. The molecule has 0 spiro atoms. The van der Waals surface area contributed by atoms with Crippen molar-refractivity contribution in [1.82, 2.24) is 0 Å². The molecule has 0 amide bonds. The van der Waals surface area contributed by atoms with E-state index in [2.05, 4.69) is 0 Å². The monoisotopic (exact) mass is 196 g/mol. The summed E-state index contributed by atoms with van der Waals surface area (Å²) in [6.07, 6.45) is 0.0881. The fraction of sp³-hybridized carbons (Fsp3) is 0.455. The molecule has 1 saturated heterocycles. The van der Waals surface area contributed by atoms with Crippen molar-refractivity contribution in [2.24, 2.45) is 0 Å². The molecule has 2 nitrogen and oxygen atoms in total. The molecule has 2 rings (SSSR count). The van der Waals surface area contributed by atoms with Crippen molar-refractivity contribution in [2.75, 3.05) is 6.61 Å². The minimum Gasteiger partial charge on any atom is -0.488 e. The predicted molar refractivity (Wildman–Crippen MR) is 50.9 cm³/mol. The molecule has 1 aliphatic heterocycles. The molecule has 1 aliphatic rings. The van der Waals surface area contributed by atoms with Gasteiger partial charge in [0.2, 0.25) is 0 Å². The number of epoxide rings is 1. The van der Waals surface area contributed by atoms with Gasteiger partial charge in [-0.1, -0.05) is 6.07 Å². The molecule has 0 aromatic heterocycles. The van der Waals surface area contributed by atoms with Gasteiger partial charge in [-0.05, 0) is 31.5 Å². The summed E-state index contributed by atoms with van der Waals surface area (Å²) in [6.45, 7) is 4.44. The number of hydrogen-bond acceptors (Lipinski definition) is 2. The molecule has 76 valence electrons. The highest BCUT2D eigenvalue weighted by molar-refractivity contribution is 5.31. The second-order valence-corrected chi connectivity index (χ2v) is 3.68. The Bertz CT molecular complexity index is 332. The molecule has 0 aliphatic carbocycles. The first-order valence-corrected chi connectivity index (χ1v) is 4.74. The molecule has 0 radical (unpaired) electrons. The number of ether oxygens (including phenoxy) is 2. The van der Waals surface area contributed by atoms with Crippen molar-refractivity contribution in [3.63, 3.8) is 0 Å². The maximum atomic E-state index is 13.4. The molecular weight excluding hydrogens is 183 g/mol. The highest BCUT2D eigenvalue weighted by atomic mass is 19.1. The van der Waals surface area contributed by atoms with Crippen LogP contribution in [0.3, 0.4) is 0 Å². The van der Waals surface area contributed by atoms with E-state index in [9.17, 15) is 4.39 Å². The van der Waals surface area contributed by atoms with Crippen LogP contribution in [0.4, 0.5) is 4.39 Å². The summed E-state index contributed by atoms with van der Waals surface area (Å²) in [5.74, 6) is -0.00361. The maximum absolute atomic E-state index is 13.4. The Morgan fingerprint density at radius 3 is 2.71 bits per heavy atom. The van der Waals surface area contributed by atoms with Crippen molar-refractivity contribution in [1.29, 1.82) is 0 Å². The predicted octanol–water partition coefficient (Wildman–Crippen LogP) is 2.68. The van der Waals surface area contributed by atoms with Gasteiger partial charge in [0.25, 0.3) is 0 Å². The normalized spacial score (nSPS) is 19.9. The zero-order valence-corrected chi connectivity index (χ0v) is 8.29. The summed E-state index contributed by atoms with van der Waals surface area (Å²) >= 11 is 0. The third kappa shape index (κ3) is 2.04. The third-order valence-electron chi connectivity index (χ3n) is 2.02. The molecule has 1 atom stereocenters. The molecule has 1 aromatic rings. The second kappa shape index (κ2) is 3.58. The molecule has 0 saturated carbocycles. The summed E-state index contributed by atoms with van der Waals surface area (Å²) in [5, 5.41) is 0. The lowest BCUT2D eigenvalue weighted by molar-refractivity contribution is 0.231. The highest BCUT2D eigenvalue weighted by Gasteiger charge is 2.25. The van der Waals surface area contributed by atoms with Gasteiger partial charge < -0.3 is 9.47 Å². The van der Waals surface area contributed by atoms with E-state index in [1.165, 1.54) is 6.07 Å². The second-order valence-electron chi connectivity index (χ2n) is 3.68. The van der Waals surface area contributed by atoms with Crippen LogP contribution in [0.25, 0.3) is 0 Å². The molecule has 1 fully saturated rings. The first kappa shape index (κ1) is 9.46. The van der Waals surface area contributed by atoms with Gasteiger partial charge in [-0.25, -0.2) is 4.39 Å². The van der Waals surface area contributed by atoms with Crippen LogP contribution in [-0.4, -0.2) is 12.7 Å². The molecule has 3 heteroatoms. The maximum Gasteiger partial charge on any atom is 0.165 e. The smallest absolute Gasteiger partial charge is 0.165 e. The topological polar surface area (TPSA) is 21.8 Å². The lowest BCUT2D eigenvalue weighted by atomic mass is 10.1. The average Bonchev–Trinajstić information content (AvgIpc) is 2.90. The first-order chi connectivity index (χ1) is 6.66. The number of hydrogen-bond donors (Lipinski definition) is 0. The van der Waals surface area contributed by atoms with Crippen LogP contribution in [-0.2, 0) is 4.74 Å². The Balaban J connectivity index is 2.17.